The van der Waals surface area contributed by atoms with Gasteiger partial charge in [-0.15, -0.1) is 0 Å². The fourth-order valence-corrected chi connectivity index (χ4v) is 5.64. The number of amides is 2. The third-order valence-corrected chi connectivity index (χ3v) is 8.17. The van der Waals surface area contributed by atoms with Crippen LogP contribution in [0.1, 0.15) is 49.2 Å². The number of hydrogen-bond acceptors (Lipinski definition) is 12. The van der Waals surface area contributed by atoms with Gasteiger partial charge in [0.15, 0.2) is 23.6 Å². The number of aliphatic hydroxyl groups excluding tert-OH is 2. The topological polar surface area (TPSA) is 209 Å². The smallest absolute Gasteiger partial charge is 0.404 e. The van der Waals surface area contributed by atoms with Crippen LogP contribution in [0, 0.1) is 6.92 Å². The van der Waals surface area contributed by atoms with Crippen LogP contribution < -0.4 is 26.1 Å². The van der Waals surface area contributed by atoms with E-state index in [1.54, 1.807) is 46.8 Å². The average Bonchev–Trinajstić information content (AvgIpc) is 2.95. The average molecular weight is 629 g/mol. The number of carbonyl (C=O) groups excluding carboxylic acids is 2. The maximum atomic E-state index is 13.1. The quantitative estimate of drug-likeness (QED) is 0.249. The second-order valence-corrected chi connectivity index (χ2v) is 12.1. The zero-order chi connectivity index (χ0) is 33.0. The van der Waals surface area contributed by atoms with Crippen LogP contribution in [0.4, 0.5) is 10.5 Å². The minimum atomic E-state index is -1.52. The predicted octanol–water partition coefficient (Wildman–Crippen LogP) is 2.49. The Labute approximate surface area is 257 Å². The number of aromatic hydroxyl groups is 1. The van der Waals surface area contributed by atoms with Crippen LogP contribution in [0.2, 0.25) is 0 Å². The summed E-state index contributed by atoms with van der Waals surface area (Å²) in [6, 6.07) is 7.52. The second-order valence-electron chi connectivity index (χ2n) is 12.1. The van der Waals surface area contributed by atoms with E-state index in [-0.39, 0.29) is 34.3 Å². The van der Waals surface area contributed by atoms with Gasteiger partial charge in [-0.3, -0.25) is 4.79 Å². The standard InChI is InChI=1S/C31H36N2O12/c1-13-17(41-28-22(36)24(43-29(32)39)25(40-6)31(4,5)45-28)10-8-16-21(35)20(27(38)42-23(13)16)33-26(37)14-7-9-18-15(11-14)12-19(34)30(2,3)44-18/h7-11,19,22,24-25,28,34-36H,12H2,1-6H3,(H2,32,39)(H,33,37)/t19-,22-,24+,25-,28-/m1/s1. The van der Waals surface area contributed by atoms with Gasteiger partial charge >= 0.3 is 11.7 Å². The van der Waals surface area contributed by atoms with Crippen molar-refractivity contribution in [3.8, 4) is 17.2 Å². The van der Waals surface area contributed by atoms with Crippen molar-refractivity contribution in [2.24, 2.45) is 5.73 Å². The Morgan fingerprint density at radius 1 is 1.09 bits per heavy atom. The number of methoxy groups -OCH3 is 1. The SMILES string of the molecule is CO[C@@H]1[C@@H](OC(N)=O)[C@@H](O)[C@H](Oc2ccc3c(O)c(NC(=O)c4ccc5c(c4)C[C@@H](O)C(C)(C)O5)c(=O)oc3c2C)OC1(C)C. The lowest BCUT2D eigenvalue weighted by molar-refractivity contribution is -0.304. The van der Waals surface area contributed by atoms with Crippen LogP contribution in [-0.4, -0.2) is 76.3 Å². The molecule has 1 saturated heterocycles. The molecule has 0 saturated carbocycles. The van der Waals surface area contributed by atoms with E-state index in [2.05, 4.69) is 5.32 Å². The summed E-state index contributed by atoms with van der Waals surface area (Å²) in [5, 5.41) is 34.9. The first-order valence-corrected chi connectivity index (χ1v) is 14.2. The first-order chi connectivity index (χ1) is 21.0. The van der Waals surface area contributed by atoms with E-state index in [0.717, 1.165) is 0 Å². The third-order valence-electron chi connectivity index (χ3n) is 8.17. The Hall–Kier alpha value is -4.37. The monoisotopic (exact) mass is 628 g/mol. The summed E-state index contributed by atoms with van der Waals surface area (Å²) >= 11 is 0. The van der Waals surface area contributed by atoms with E-state index in [1.165, 1.54) is 25.3 Å². The summed E-state index contributed by atoms with van der Waals surface area (Å²) in [7, 11) is 1.37. The van der Waals surface area contributed by atoms with Gasteiger partial charge < -0.3 is 54.5 Å². The molecule has 2 aliphatic heterocycles. The molecule has 0 unspecified atom stereocenters. The van der Waals surface area contributed by atoms with Crippen molar-refractivity contribution >= 4 is 28.7 Å². The molecule has 0 aliphatic carbocycles. The van der Waals surface area contributed by atoms with E-state index in [0.29, 0.717) is 11.3 Å². The zero-order valence-corrected chi connectivity index (χ0v) is 25.6. The lowest BCUT2D eigenvalue weighted by Crippen LogP contribution is -2.65. The largest absolute Gasteiger partial charge is 0.505 e. The highest BCUT2D eigenvalue weighted by atomic mass is 16.7. The molecule has 2 aromatic carbocycles. The van der Waals surface area contributed by atoms with Crippen molar-refractivity contribution in [1.82, 2.24) is 0 Å². The Bertz CT molecular complexity index is 1710. The van der Waals surface area contributed by atoms with Crippen molar-refractivity contribution < 1.29 is 53.0 Å². The zero-order valence-electron chi connectivity index (χ0n) is 25.6. The third kappa shape index (κ3) is 5.89. The number of benzene rings is 2. The number of anilines is 1. The molecule has 2 amide bonds. The minimum Gasteiger partial charge on any atom is -0.505 e. The highest BCUT2D eigenvalue weighted by Gasteiger charge is 2.53. The van der Waals surface area contributed by atoms with E-state index in [4.69, 9.17) is 33.8 Å². The molecule has 5 atom stereocenters. The molecule has 3 heterocycles. The Balaban J connectivity index is 1.41. The molecular weight excluding hydrogens is 592 g/mol. The van der Waals surface area contributed by atoms with Gasteiger partial charge in [-0.05, 0) is 70.5 Å². The number of fused-ring (bicyclic) bond motifs is 2. The molecule has 45 heavy (non-hydrogen) atoms. The molecule has 14 nitrogen and oxygen atoms in total. The number of hydrogen-bond donors (Lipinski definition) is 5. The number of ether oxygens (including phenoxy) is 5. The van der Waals surface area contributed by atoms with E-state index in [1.807, 2.05) is 0 Å². The number of rotatable bonds is 6. The normalized spacial score (nSPS) is 25.1. The van der Waals surface area contributed by atoms with Crippen molar-refractivity contribution in [2.75, 3.05) is 12.4 Å². The predicted molar refractivity (Wildman–Crippen MR) is 159 cm³/mol. The Morgan fingerprint density at radius 2 is 1.80 bits per heavy atom. The maximum absolute atomic E-state index is 13.1. The van der Waals surface area contributed by atoms with Crippen molar-refractivity contribution in [3.05, 3.63) is 57.4 Å². The fourth-order valence-electron chi connectivity index (χ4n) is 5.64. The summed E-state index contributed by atoms with van der Waals surface area (Å²) < 4.78 is 33.7. The van der Waals surface area contributed by atoms with Gasteiger partial charge in [-0.25, -0.2) is 9.59 Å². The number of nitrogens with one attached hydrogen (secondary N) is 1. The molecule has 0 spiro atoms. The summed E-state index contributed by atoms with van der Waals surface area (Å²) in [5.74, 6) is -0.566. The lowest BCUT2D eigenvalue weighted by Gasteiger charge is -2.47. The minimum absolute atomic E-state index is 0.0419. The molecule has 3 aromatic rings. The Kier molecular flexibility index (Phi) is 8.21. The molecular formula is C31H36N2O12. The lowest BCUT2D eigenvalue weighted by atomic mass is 9.89. The summed E-state index contributed by atoms with van der Waals surface area (Å²) in [6.07, 6.45) is -6.63. The van der Waals surface area contributed by atoms with E-state index >= 15 is 0 Å². The molecule has 6 N–H and O–H groups in total. The number of nitrogens with two attached hydrogens (primary N) is 1. The van der Waals surface area contributed by atoms with Gasteiger partial charge in [0.25, 0.3) is 5.91 Å². The summed E-state index contributed by atoms with van der Waals surface area (Å²) in [5.41, 5.74) is 2.84. The van der Waals surface area contributed by atoms with Crippen LogP contribution in [0.25, 0.3) is 11.0 Å². The molecule has 5 rings (SSSR count). The van der Waals surface area contributed by atoms with Gasteiger partial charge in [0.1, 0.15) is 28.8 Å². The molecule has 14 heteroatoms. The van der Waals surface area contributed by atoms with Gasteiger partial charge in [-0.1, -0.05) is 0 Å². The van der Waals surface area contributed by atoms with Crippen LogP contribution in [0.3, 0.4) is 0 Å². The van der Waals surface area contributed by atoms with Crippen LogP contribution in [0.5, 0.6) is 17.2 Å². The van der Waals surface area contributed by atoms with Crippen LogP contribution in [-0.2, 0) is 20.6 Å². The number of aliphatic hydroxyl groups is 2. The number of aryl methyl sites for hydroxylation is 1. The highest BCUT2D eigenvalue weighted by molar-refractivity contribution is 6.06. The van der Waals surface area contributed by atoms with Crippen molar-refractivity contribution in [1.29, 1.82) is 0 Å². The van der Waals surface area contributed by atoms with Crippen LogP contribution >= 0.6 is 0 Å². The van der Waals surface area contributed by atoms with Crippen molar-refractivity contribution in [2.45, 2.75) is 82.9 Å². The molecule has 1 fully saturated rings. The molecule has 2 aliphatic rings. The van der Waals surface area contributed by atoms with Gasteiger partial charge in [-0.2, -0.15) is 0 Å². The number of carbonyl (C=O) groups is 2. The second kappa shape index (κ2) is 11.5. The van der Waals surface area contributed by atoms with E-state index in [9.17, 15) is 29.7 Å². The van der Waals surface area contributed by atoms with Gasteiger partial charge in [0.05, 0.1) is 17.1 Å². The first kappa shape index (κ1) is 32.0. The van der Waals surface area contributed by atoms with Gasteiger partial charge in [0, 0.05) is 24.7 Å². The molecule has 1 aromatic heterocycles. The molecule has 0 bridgehead atoms. The van der Waals surface area contributed by atoms with E-state index < -0.39 is 71.0 Å². The molecule has 0 radical (unpaired) electrons. The molecule has 242 valence electrons. The summed E-state index contributed by atoms with van der Waals surface area (Å²) in [4.78, 5) is 37.6. The number of primary amides is 1. The van der Waals surface area contributed by atoms with Crippen molar-refractivity contribution in [3.63, 3.8) is 0 Å². The maximum Gasteiger partial charge on any atom is 0.404 e. The fraction of sp³-hybridized carbons (Fsp3) is 0.452. The first-order valence-electron chi connectivity index (χ1n) is 14.2. The Morgan fingerprint density at radius 3 is 2.47 bits per heavy atom. The van der Waals surface area contributed by atoms with Gasteiger partial charge in [0.2, 0.25) is 6.29 Å². The summed E-state index contributed by atoms with van der Waals surface area (Å²) in [6.45, 7) is 8.40. The van der Waals surface area contributed by atoms with Crippen LogP contribution in [0.15, 0.2) is 39.5 Å². The highest BCUT2D eigenvalue weighted by Crippen LogP contribution is 2.39.